The molecule has 190 valence electrons. The van der Waals surface area contributed by atoms with Crippen molar-refractivity contribution in [1.82, 2.24) is 0 Å². The number of anilines is 2. The standard InChI is InChI=1S/C30H36N2O4/c1-35-27-15-19(7-9-25(27)31-29(33)23-13-17-3-5-21(23)11-17)20-8-10-26(28(16-20)36-2)32-30(34)24-14-18-4-6-22(24)12-18/h7-10,15-18,21-24H,3-6,11-14H2,1-2H3,(H,31,33)(H,32,34)/t17-,18-,21-,22-,23-,24+/m1/s1. The molecular formula is C30H36N2O4. The minimum atomic E-state index is 0.116. The van der Waals surface area contributed by atoms with E-state index in [2.05, 4.69) is 10.6 Å². The normalized spacial score (nSPS) is 29.8. The maximum absolute atomic E-state index is 13.0. The number of carbonyl (C=O) groups excluding carboxylic acids is 2. The zero-order valence-electron chi connectivity index (χ0n) is 21.2. The number of amides is 2. The van der Waals surface area contributed by atoms with Gasteiger partial charge >= 0.3 is 0 Å². The van der Waals surface area contributed by atoms with Crippen molar-refractivity contribution in [3.05, 3.63) is 36.4 Å². The number of ether oxygens (including phenoxy) is 2. The maximum atomic E-state index is 13.0. The highest BCUT2D eigenvalue weighted by atomic mass is 16.5. The first-order chi connectivity index (χ1) is 17.5. The largest absolute Gasteiger partial charge is 0.495 e. The van der Waals surface area contributed by atoms with Crippen LogP contribution in [0.2, 0.25) is 0 Å². The number of nitrogens with one attached hydrogen (secondary N) is 2. The first-order valence-electron chi connectivity index (χ1n) is 13.5. The SMILES string of the molecule is COc1cc(-c2ccc(NC(=O)[C@@H]3C[C@@H]4CC[C@@H]3C4)c(OC)c2)ccc1NC(=O)[C@H]1C[C@@H]2CC[C@@H]1C2. The van der Waals surface area contributed by atoms with Crippen molar-refractivity contribution in [3.8, 4) is 22.6 Å². The van der Waals surface area contributed by atoms with E-state index in [1.165, 1.54) is 38.5 Å². The summed E-state index contributed by atoms with van der Waals surface area (Å²) in [4.78, 5) is 25.9. The zero-order valence-corrected chi connectivity index (χ0v) is 21.2. The molecule has 0 saturated heterocycles. The number of hydrogen-bond acceptors (Lipinski definition) is 4. The minimum absolute atomic E-state index is 0.116. The van der Waals surface area contributed by atoms with E-state index in [0.717, 1.165) is 35.8 Å². The molecule has 4 aliphatic rings. The van der Waals surface area contributed by atoms with Gasteiger partial charge in [-0.1, -0.05) is 25.0 Å². The summed E-state index contributed by atoms with van der Waals surface area (Å²) < 4.78 is 11.3. The highest BCUT2D eigenvalue weighted by molar-refractivity contribution is 5.96. The molecule has 0 heterocycles. The number of hydrogen-bond donors (Lipinski definition) is 2. The summed E-state index contributed by atoms with van der Waals surface area (Å²) in [5, 5.41) is 6.24. The van der Waals surface area contributed by atoms with E-state index in [1.807, 2.05) is 36.4 Å². The minimum Gasteiger partial charge on any atom is -0.495 e. The second kappa shape index (κ2) is 9.45. The van der Waals surface area contributed by atoms with Gasteiger partial charge in [-0.15, -0.1) is 0 Å². The molecule has 2 N–H and O–H groups in total. The Kier molecular flexibility index (Phi) is 6.14. The third-order valence-electron chi connectivity index (χ3n) is 9.40. The van der Waals surface area contributed by atoms with E-state index in [4.69, 9.17) is 9.47 Å². The molecular weight excluding hydrogens is 452 g/mol. The number of fused-ring (bicyclic) bond motifs is 4. The molecule has 0 unspecified atom stereocenters. The van der Waals surface area contributed by atoms with Crippen LogP contribution in [0.1, 0.15) is 51.4 Å². The fraction of sp³-hybridized carbons (Fsp3) is 0.533. The zero-order chi connectivity index (χ0) is 24.8. The van der Waals surface area contributed by atoms with Crippen molar-refractivity contribution in [3.63, 3.8) is 0 Å². The lowest BCUT2D eigenvalue weighted by Crippen LogP contribution is -2.27. The Hall–Kier alpha value is -3.02. The molecule has 0 radical (unpaired) electrons. The third-order valence-corrected chi connectivity index (χ3v) is 9.40. The van der Waals surface area contributed by atoms with Crippen LogP contribution in [0, 0.1) is 35.5 Å². The summed E-state index contributed by atoms with van der Waals surface area (Å²) in [5.74, 6) is 4.28. The molecule has 36 heavy (non-hydrogen) atoms. The van der Waals surface area contributed by atoms with E-state index in [9.17, 15) is 9.59 Å². The molecule has 4 bridgehead atoms. The van der Waals surface area contributed by atoms with Crippen molar-refractivity contribution in [2.45, 2.75) is 51.4 Å². The summed E-state index contributed by atoms with van der Waals surface area (Å²) in [6, 6.07) is 11.7. The predicted octanol–water partition coefficient (Wildman–Crippen LogP) is 6.12. The Balaban J connectivity index is 1.17. The molecule has 2 aromatic carbocycles. The van der Waals surface area contributed by atoms with E-state index in [0.29, 0.717) is 34.7 Å². The first kappa shape index (κ1) is 23.4. The Bertz CT molecular complexity index is 1090. The molecule has 6 nitrogen and oxygen atoms in total. The van der Waals surface area contributed by atoms with Gasteiger partial charge in [-0.2, -0.15) is 0 Å². The smallest absolute Gasteiger partial charge is 0.227 e. The van der Waals surface area contributed by atoms with E-state index >= 15 is 0 Å². The molecule has 2 aromatic rings. The van der Waals surface area contributed by atoms with Crippen molar-refractivity contribution in [1.29, 1.82) is 0 Å². The number of methoxy groups -OCH3 is 2. The topological polar surface area (TPSA) is 76.7 Å². The molecule has 4 saturated carbocycles. The van der Waals surface area contributed by atoms with Gasteiger partial charge in [0.1, 0.15) is 11.5 Å². The molecule has 4 fully saturated rings. The van der Waals surface area contributed by atoms with Crippen LogP contribution in [0.15, 0.2) is 36.4 Å². The van der Waals surface area contributed by atoms with Gasteiger partial charge in [0.2, 0.25) is 11.8 Å². The Morgan fingerprint density at radius 1 is 0.667 bits per heavy atom. The number of benzene rings is 2. The van der Waals surface area contributed by atoms with Crippen LogP contribution in [0.3, 0.4) is 0 Å². The molecule has 6 rings (SSSR count). The van der Waals surface area contributed by atoms with Crippen LogP contribution >= 0.6 is 0 Å². The van der Waals surface area contributed by atoms with E-state index in [-0.39, 0.29) is 23.7 Å². The molecule has 0 aromatic heterocycles. The summed E-state index contributed by atoms with van der Waals surface area (Å²) in [6.07, 6.45) is 9.35. The Labute approximate surface area is 213 Å². The van der Waals surface area contributed by atoms with Gasteiger partial charge < -0.3 is 20.1 Å². The lowest BCUT2D eigenvalue weighted by Gasteiger charge is -2.22. The fourth-order valence-corrected chi connectivity index (χ4v) is 7.53. The van der Waals surface area contributed by atoms with Crippen LogP contribution in [0.25, 0.3) is 11.1 Å². The molecule has 2 amide bonds. The lowest BCUT2D eigenvalue weighted by atomic mass is 9.88. The fourth-order valence-electron chi connectivity index (χ4n) is 7.53. The van der Waals surface area contributed by atoms with Gasteiger partial charge in [0.25, 0.3) is 0 Å². The van der Waals surface area contributed by atoms with Gasteiger partial charge in [-0.05, 0) is 97.6 Å². The van der Waals surface area contributed by atoms with Crippen LogP contribution in [0.5, 0.6) is 11.5 Å². The Morgan fingerprint density at radius 2 is 1.11 bits per heavy atom. The molecule has 6 atom stereocenters. The van der Waals surface area contributed by atoms with Crippen LogP contribution in [0.4, 0.5) is 11.4 Å². The van der Waals surface area contributed by atoms with Crippen LogP contribution in [-0.4, -0.2) is 26.0 Å². The van der Waals surface area contributed by atoms with Crippen molar-refractivity contribution >= 4 is 23.2 Å². The maximum Gasteiger partial charge on any atom is 0.227 e. The second-order valence-electron chi connectivity index (χ2n) is 11.4. The number of rotatable bonds is 7. The third kappa shape index (κ3) is 4.25. The highest BCUT2D eigenvalue weighted by Crippen LogP contribution is 2.50. The first-order valence-corrected chi connectivity index (χ1v) is 13.5. The quantitative estimate of drug-likeness (QED) is 0.492. The van der Waals surface area contributed by atoms with E-state index < -0.39 is 0 Å². The second-order valence-corrected chi connectivity index (χ2v) is 11.4. The lowest BCUT2D eigenvalue weighted by molar-refractivity contribution is -0.122. The van der Waals surface area contributed by atoms with Gasteiger partial charge in [-0.25, -0.2) is 0 Å². The molecule has 0 aliphatic heterocycles. The van der Waals surface area contributed by atoms with Crippen molar-refractivity contribution in [2.24, 2.45) is 35.5 Å². The van der Waals surface area contributed by atoms with Crippen molar-refractivity contribution in [2.75, 3.05) is 24.9 Å². The highest BCUT2D eigenvalue weighted by Gasteiger charge is 2.44. The van der Waals surface area contributed by atoms with Gasteiger partial charge in [0.15, 0.2) is 0 Å². The summed E-state index contributed by atoms with van der Waals surface area (Å²) >= 11 is 0. The predicted molar refractivity (Wildman–Crippen MR) is 140 cm³/mol. The monoisotopic (exact) mass is 488 g/mol. The molecule has 0 spiro atoms. The van der Waals surface area contributed by atoms with Crippen LogP contribution in [-0.2, 0) is 9.59 Å². The summed E-state index contributed by atoms with van der Waals surface area (Å²) in [5.41, 5.74) is 3.31. The summed E-state index contributed by atoms with van der Waals surface area (Å²) in [7, 11) is 3.25. The number of carbonyl (C=O) groups is 2. The van der Waals surface area contributed by atoms with Gasteiger partial charge in [-0.3, -0.25) is 9.59 Å². The average molecular weight is 489 g/mol. The average Bonchev–Trinajstić information content (AvgIpc) is 3.71. The van der Waals surface area contributed by atoms with Gasteiger partial charge in [0, 0.05) is 11.8 Å². The molecule has 4 aliphatic carbocycles. The Morgan fingerprint density at radius 3 is 1.44 bits per heavy atom. The summed E-state index contributed by atoms with van der Waals surface area (Å²) in [6.45, 7) is 0. The van der Waals surface area contributed by atoms with Crippen molar-refractivity contribution < 1.29 is 19.1 Å². The van der Waals surface area contributed by atoms with Gasteiger partial charge in [0.05, 0.1) is 25.6 Å². The van der Waals surface area contributed by atoms with Crippen LogP contribution < -0.4 is 20.1 Å². The molecule has 6 heteroatoms. The van der Waals surface area contributed by atoms with E-state index in [1.54, 1.807) is 14.2 Å².